The smallest absolute Gasteiger partial charge is 0.271 e. The topological polar surface area (TPSA) is 54.7 Å². The average Bonchev–Trinajstić information content (AvgIpc) is 3.07. The van der Waals surface area contributed by atoms with Crippen molar-refractivity contribution in [2.24, 2.45) is 0 Å². The summed E-state index contributed by atoms with van der Waals surface area (Å²) in [6, 6.07) is 7.86. The third kappa shape index (κ3) is 2.02. The molecule has 23 heavy (non-hydrogen) atoms. The Hall–Kier alpha value is -2.47. The number of nitrogens with zero attached hydrogens (tertiary/aromatic N) is 3. The Morgan fingerprint density at radius 2 is 2.13 bits per heavy atom. The third-order valence-corrected chi connectivity index (χ3v) is 5.23. The van der Waals surface area contributed by atoms with E-state index in [1.807, 2.05) is 43.5 Å². The molecule has 0 saturated carbocycles. The lowest BCUT2D eigenvalue weighted by molar-refractivity contribution is 0.0979. The molecule has 0 radical (unpaired) electrons. The van der Waals surface area contributed by atoms with Crippen molar-refractivity contribution in [2.75, 3.05) is 4.90 Å². The lowest BCUT2D eigenvalue weighted by Crippen LogP contribution is -2.39. The van der Waals surface area contributed by atoms with E-state index < -0.39 is 0 Å². The SMILES string of the molecule is Cc1csc2ncc(C(=O)N3c4ccccc4C[C@@H]3C)c(=O)n12. The van der Waals surface area contributed by atoms with Crippen LogP contribution in [0.1, 0.15) is 28.5 Å². The molecular formula is C17H15N3O2S. The molecule has 1 amide bonds. The van der Waals surface area contributed by atoms with Crippen molar-refractivity contribution in [3.63, 3.8) is 0 Å². The molecule has 3 aromatic rings. The number of aryl methyl sites for hydroxylation is 1. The number of anilines is 1. The predicted octanol–water partition coefficient (Wildman–Crippen LogP) is 2.66. The highest BCUT2D eigenvalue weighted by atomic mass is 32.1. The maximum absolute atomic E-state index is 13.0. The van der Waals surface area contributed by atoms with Gasteiger partial charge in [-0.05, 0) is 31.9 Å². The van der Waals surface area contributed by atoms with E-state index in [0.29, 0.717) is 4.96 Å². The molecule has 2 aromatic heterocycles. The van der Waals surface area contributed by atoms with Gasteiger partial charge in [0.2, 0.25) is 0 Å². The second kappa shape index (κ2) is 5.03. The fourth-order valence-electron chi connectivity index (χ4n) is 3.18. The first-order chi connectivity index (χ1) is 11.1. The number of aromatic nitrogens is 2. The van der Waals surface area contributed by atoms with Gasteiger partial charge in [-0.25, -0.2) is 4.98 Å². The molecule has 0 saturated heterocycles. The third-order valence-electron chi connectivity index (χ3n) is 4.27. The van der Waals surface area contributed by atoms with Gasteiger partial charge in [-0.1, -0.05) is 18.2 Å². The van der Waals surface area contributed by atoms with Crippen molar-refractivity contribution >= 4 is 27.9 Å². The highest BCUT2D eigenvalue weighted by Crippen LogP contribution is 2.32. The second-order valence-electron chi connectivity index (χ2n) is 5.83. The first-order valence-electron chi connectivity index (χ1n) is 7.45. The molecule has 3 heterocycles. The fraction of sp³-hybridized carbons (Fsp3) is 0.235. The summed E-state index contributed by atoms with van der Waals surface area (Å²) in [5.74, 6) is -0.278. The van der Waals surface area contributed by atoms with E-state index in [-0.39, 0.29) is 23.1 Å². The number of carbonyl (C=O) groups excluding carboxylic acids is 1. The van der Waals surface area contributed by atoms with E-state index in [1.54, 1.807) is 4.90 Å². The molecule has 0 spiro atoms. The van der Waals surface area contributed by atoms with E-state index in [4.69, 9.17) is 0 Å². The van der Waals surface area contributed by atoms with Gasteiger partial charge in [0.05, 0.1) is 0 Å². The Morgan fingerprint density at radius 3 is 2.96 bits per heavy atom. The van der Waals surface area contributed by atoms with Gasteiger partial charge in [0, 0.05) is 29.0 Å². The van der Waals surface area contributed by atoms with Crippen LogP contribution in [0.4, 0.5) is 5.69 Å². The molecule has 0 bridgehead atoms. The molecule has 116 valence electrons. The Balaban J connectivity index is 1.86. The summed E-state index contributed by atoms with van der Waals surface area (Å²) in [6.45, 7) is 3.84. The summed E-state index contributed by atoms with van der Waals surface area (Å²) in [7, 11) is 0. The largest absolute Gasteiger partial charge is 0.305 e. The number of fused-ring (bicyclic) bond motifs is 2. The van der Waals surface area contributed by atoms with Crippen LogP contribution in [0.15, 0.2) is 40.6 Å². The van der Waals surface area contributed by atoms with E-state index >= 15 is 0 Å². The monoisotopic (exact) mass is 325 g/mol. The number of hydrogen-bond donors (Lipinski definition) is 0. The Bertz CT molecular complexity index is 989. The van der Waals surface area contributed by atoms with Crippen molar-refractivity contribution in [2.45, 2.75) is 26.3 Å². The van der Waals surface area contributed by atoms with Crippen LogP contribution in [0.3, 0.4) is 0 Å². The Kier molecular flexibility index (Phi) is 3.09. The van der Waals surface area contributed by atoms with Crippen LogP contribution in [0, 0.1) is 6.92 Å². The quantitative estimate of drug-likeness (QED) is 0.691. The summed E-state index contributed by atoms with van der Waals surface area (Å²) in [6.07, 6.45) is 2.21. The Morgan fingerprint density at radius 1 is 1.35 bits per heavy atom. The van der Waals surface area contributed by atoms with Gasteiger partial charge >= 0.3 is 0 Å². The molecule has 1 aliphatic rings. The summed E-state index contributed by atoms with van der Waals surface area (Å²) in [5, 5.41) is 1.87. The Labute approximate surface area is 136 Å². The van der Waals surface area contributed by atoms with Gasteiger partial charge < -0.3 is 4.90 Å². The molecule has 6 heteroatoms. The molecule has 0 unspecified atom stereocenters. The highest BCUT2D eigenvalue weighted by Gasteiger charge is 2.32. The zero-order valence-corrected chi connectivity index (χ0v) is 13.6. The second-order valence-corrected chi connectivity index (χ2v) is 6.67. The molecule has 1 atom stereocenters. The van der Waals surface area contributed by atoms with E-state index in [9.17, 15) is 9.59 Å². The van der Waals surface area contributed by atoms with Gasteiger partial charge in [0.25, 0.3) is 11.5 Å². The van der Waals surface area contributed by atoms with Crippen molar-refractivity contribution in [1.29, 1.82) is 0 Å². The van der Waals surface area contributed by atoms with Gasteiger partial charge in [0.15, 0.2) is 4.96 Å². The number of carbonyl (C=O) groups is 1. The van der Waals surface area contributed by atoms with Crippen LogP contribution >= 0.6 is 11.3 Å². The molecule has 4 rings (SSSR count). The van der Waals surface area contributed by atoms with Crippen LogP contribution in [-0.2, 0) is 6.42 Å². The van der Waals surface area contributed by atoms with Crippen LogP contribution in [0.25, 0.3) is 4.96 Å². The zero-order chi connectivity index (χ0) is 16.1. The molecule has 1 aliphatic heterocycles. The minimum atomic E-state index is -0.296. The fourth-order valence-corrected chi connectivity index (χ4v) is 4.00. The average molecular weight is 325 g/mol. The van der Waals surface area contributed by atoms with Gasteiger partial charge in [-0.2, -0.15) is 0 Å². The van der Waals surface area contributed by atoms with Crippen molar-refractivity contribution < 1.29 is 4.79 Å². The van der Waals surface area contributed by atoms with E-state index in [1.165, 1.54) is 21.9 Å². The molecule has 1 aromatic carbocycles. The number of thiazole rings is 1. The standard InChI is InChI=1S/C17H15N3O2S/c1-10-7-12-5-3-4-6-14(12)19(10)15(21)13-8-18-17-20(16(13)22)11(2)9-23-17/h3-6,8-10H,7H2,1-2H3/t10-/m0/s1. The van der Waals surface area contributed by atoms with Crippen molar-refractivity contribution in [3.05, 3.63) is 63.0 Å². The first-order valence-corrected chi connectivity index (χ1v) is 8.33. The van der Waals surface area contributed by atoms with Crippen LogP contribution < -0.4 is 10.5 Å². The van der Waals surface area contributed by atoms with Gasteiger partial charge in [0.1, 0.15) is 5.56 Å². The van der Waals surface area contributed by atoms with Gasteiger partial charge in [-0.3, -0.25) is 14.0 Å². The summed E-state index contributed by atoms with van der Waals surface area (Å²) >= 11 is 1.40. The normalized spacial score (nSPS) is 16.8. The first kappa shape index (κ1) is 14.1. The minimum absolute atomic E-state index is 0.0311. The number of hydrogen-bond acceptors (Lipinski definition) is 4. The highest BCUT2D eigenvalue weighted by molar-refractivity contribution is 7.15. The summed E-state index contributed by atoms with van der Waals surface area (Å²) in [5.41, 5.74) is 2.64. The lowest BCUT2D eigenvalue weighted by atomic mass is 10.1. The molecule has 0 N–H and O–H groups in total. The van der Waals surface area contributed by atoms with Crippen LogP contribution in [0.2, 0.25) is 0 Å². The van der Waals surface area contributed by atoms with Crippen molar-refractivity contribution in [1.82, 2.24) is 9.38 Å². The maximum atomic E-state index is 13.0. The predicted molar refractivity (Wildman–Crippen MR) is 90.5 cm³/mol. The summed E-state index contributed by atoms with van der Waals surface area (Å²) < 4.78 is 1.50. The molecule has 0 aliphatic carbocycles. The zero-order valence-electron chi connectivity index (χ0n) is 12.8. The van der Waals surface area contributed by atoms with E-state index in [2.05, 4.69) is 4.98 Å². The van der Waals surface area contributed by atoms with Crippen LogP contribution in [-0.4, -0.2) is 21.3 Å². The lowest BCUT2D eigenvalue weighted by Gasteiger charge is -2.22. The van der Waals surface area contributed by atoms with Crippen molar-refractivity contribution in [3.8, 4) is 0 Å². The number of rotatable bonds is 1. The summed E-state index contributed by atoms with van der Waals surface area (Å²) in [4.78, 5) is 32.3. The van der Waals surface area contributed by atoms with Gasteiger partial charge in [-0.15, -0.1) is 11.3 Å². The maximum Gasteiger partial charge on any atom is 0.271 e. The van der Waals surface area contributed by atoms with E-state index in [0.717, 1.165) is 23.4 Å². The molecule has 0 fully saturated rings. The number of amides is 1. The number of benzene rings is 1. The minimum Gasteiger partial charge on any atom is -0.305 e. The molecule has 5 nitrogen and oxygen atoms in total. The number of para-hydroxylation sites is 1. The van der Waals surface area contributed by atoms with Crippen LogP contribution in [0.5, 0.6) is 0 Å². The molecular weight excluding hydrogens is 310 g/mol.